The average molecular weight is 408 g/mol. The SMILES string of the molecule is Cc1cc(N/C=C(\C=N)Nc2nc(NC3CCCCC3)c3sccc3n2)ccn1. The molecule has 4 rings (SSSR count). The highest BCUT2D eigenvalue weighted by Gasteiger charge is 2.17. The van der Waals surface area contributed by atoms with Crippen molar-refractivity contribution in [3.8, 4) is 0 Å². The maximum absolute atomic E-state index is 7.73. The van der Waals surface area contributed by atoms with Gasteiger partial charge in [-0.15, -0.1) is 11.3 Å². The van der Waals surface area contributed by atoms with Gasteiger partial charge in [0, 0.05) is 36.0 Å². The van der Waals surface area contributed by atoms with Crippen molar-refractivity contribution in [2.24, 2.45) is 0 Å². The number of aromatic nitrogens is 3. The van der Waals surface area contributed by atoms with Crippen LogP contribution in [-0.2, 0) is 0 Å². The zero-order valence-electron chi connectivity index (χ0n) is 16.4. The summed E-state index contributed by atoms with van der Waals surface area (Å²) in [6, 6.07) is 6.29. The minimum Gasteiger partial charge on any atom is -0.366 e. The molecule has 3 aromatic rings. The summed E-state index contributed by atoms with van der Waals surface area (Å²) in [4.78, 5) is 13.5. The van der Waals surface area contributed by atoms with Gasteiger partial charge in [0.25, 0.3) is 0 Å². The fourth-order valence-electron chi connectivity index (χ4n) is 3.50. The third kappa shape index (κ3) is 4.89. The molecular formula is C21H25N7S. The molecule has 1 aliphatic rings. The third-order valence-electron chi connectivity index (χ3n) is 4.95. The van der Waals surface area contributed by atoms with Crippen molar-refractivity contribution in [1.29, 1.82) is 5.41 Å². The van der Waals surface area contributed by atoms with Gasteiger partial charge in [-0.05, 0) is 43.3 Å². The van der Waals surface area contributed by atoms with E-state index in [0.29, 0.717) is 17.7 Å². The van der Waals surface area contributed by atoms with Crippen molar-refractivity contribution >= 4 is 45.2 Å². The first-order valence-corrected chi connectivity index (χ1v) is 10.8. The van der Waals surface area contributed by atoms with Crippen LogP contribution in [0.25, 0.3) is 10.2 Å². The number of nitrogens with zero attached hydrogens (tertiary/aromatic N) is 3. The number of nitrogens with one attached hydrogen (secondary N) is 4. The minimum atomic E-state index is 0.464. The van der Waals surface area contributed by atoms with Crippen LogP contribution in [0.2, 0.25) is 0 Å². The number of anilines is 3. The lowest BCUT2D eigenvalue weighted by Gasteiger charge is -2.23. The number of thiophene rings is 1. The van der Waals surface area contributed by atoms with Gasteiger partial charge >= 0.3 is 0 Å². The minimum absolute atomic E-state index is 0.464. The van der Waals surface area contributed by atoms with Gasteiger partial charge < -0.3 is 21.4 Å². The molecule has 0 atom stereocenters. The standard InChI is InChI=1S/C21H25N7S/c1-14-11-16(7-9-23-14)24-13-17(12-22)26-21-27-18-8-10-29-19(18)20(28-21)25-15-5-3-2-4-6-15/h7-13,15,22H,2-6H2,1H3,(H,23,24)(H2,25,26,27,28)/b17-13+,22-12?. The smallest absolute Gasteiger partial charge is 0.229 e. The van der Waals surface area contributed by atoms with Crippen molar-refractivity contribution in [3.05, 3.63) is 47.4 Å². The number of allylic oxidation sites excluding steroid dienone is 1. The van der Waals surface area contributed by atoms with Crippen molar-refractivity contribution in [2.75, 3.05) is 16.0 Å². The Bertz CT molecular complexity index is 1020. The Morgan fingerprint density at radius 3 is 2.86 bits per heavy atom. The Labute approximate surface area is 174 Å². The van der Waals surface area contributed by atoms with Gasteiger partial charge in [0.05, 0.1) is 15.9 Å². The topological polar surface area (TPSA) is 98.6 Å². The van der Waals surface area contributed by atoms with Crippen LogP contribution < -0.4 is 16.0 Å². The van der Waals surface area contributed by atoms with E-state index in [1.165, 1.54) is 38.3 Å². The molecule has 0 spiro atoms. The molecular weight excluding hydrogens is 382 g/mol. The molecule has 0 aromatic carbocycles. The maximum atomic E-state index is 7.73. The van der Waals surface area contributed by atoms with E-state index in [0.717, 1.165) is 27.4 Å². The van der Waals surface area contributed by atoms with E-state index in [-0.39, 0.29) is 0 Å². The van der Waals surface area contributed by atoms with Crippen LogP contribution in [0, 0.1) is 12.3 Å². The molecule has 3 aromatic heterocycles. The van der Waals surface area contributed by atoms with Gasteiger partial charge in [-0.3, -0.25) is 4.98 Å². The van der Waals surface area contributed by atoms with Crippen molar-refractivity contribution in [3.63, 3.8) is 0 Å². The van der Waals surface area contributed by atoms with Crippen LogP contribution in [0.3, 0.4) is 0 Å². The van der Waals surface area contributed by atoms with Crippen molar-refractivity contribution in [2.45, 2.75) is 45.1 Å². The summed E-state index contributed by atoms with van der Waals surface area (Å²) in [5, 5.41) is 19.7. The van der Waals surface area contributed by atoms with E-state index in [4.69, 9.17) is 10.4 Å². The lowest BCUT2D eigenvalue weighted by molar-refractivity contribution is 0.462. The number of fused-ring (bicyclic) bond motifs is 1. The molecule has 0 bridgehead atoms. The largest absolute Gasteiger partial charge is 0.366 e. The molecule has 1 saturated carbocycles. The fourth-order valence-corrected chi connectivity index (χ4v) is 4.28. The van der Waals surface area contributed by atoms with Crippen LogP contribution >= 0.6 is 11.3 Å². The number of rotatable bonds is 7. The van der Waals surface area contributed by atoms with E-state index in [9.17, 15) is 0 Å². The summed E-state index contributed by atoms with van der Waals surface area (Å²) in [7, 11) is 0. The van der Waals surface area contributed by atoms with E-state index < -0.39 is 0 Å². The highest BCUT2D eigenvalue weighted by molar-refractivity contribution is 7.17. The van der Waals surface area contributed by atoms with Crippen LogP contribution in [0.15, 0.2) is 41.7 Å². The fraction of sp³-hybridized carbons (Fsp3) is 0.333. The molecule has 7 nitrogen and oxygen atoms in total. The molecule has 8 heteroatoms. The summed E-state index contributed by atoms with van der Waals surface area (Å²) < 4.78 is 1.08. The molecule has 0 aliphatic heterocycles. The van der Waals surface area contributed by atoms with Crippen LogP contribution in [-0.4, -0.2) is 27.2 Å². The van der Waals surface area contributed by atoms with Crippen molar-refractivity contribution in [1.82, 2.24) is 15.0 Å². The number of hydrogen-bond acceptors (Lipinski definition) is 8. The second-order valence-electron chi connectivity index (χ2n) is 7.21. The van der Waals surface area contributed by atoms with Crippen LogP contribution in [0.1, 0.15) is 37.8 Å². The Balaban J connectivity index is 1.54. The van der Waals surface area contributed by atoms with E-state index >= 15 is 0 Å². The zero-order valence-corrected chi connectivity index (χ0v) is 17.2. The van der Waals surface area contributed by atoms with Crippen LogP contribution in [0.4, 0.5) is 17.5 Å². The first-order valence-electron chi connectivity index (χ1n) is 9.90. The lowest BCUT2D eigenvalue weighted by Crippen LogP contribution is -2.23. The molecule has 29 heavy (non-hydrogen) atoms. The number of pyridine rings is 1. The predicted octanol–water partition coefficient (Wildman–Crippen LogP) is 5.15. The summed E-state index contributed by atoms with van der Waals surface area (Å²) in [6.07, 6.45) is 10.9. The Morgan fingerprint density at radius 1 is 1.21 bits per heavy atom. The molecule has 1 aliphatic carbocycles. The summed E-state index contributed by atoms with van der Waals surface area (Å²) in [5.74, 6) is 1.36. The molecule has 4 N–H and O–H groups in total. The van der Waals surface area contributed by atoms with E-state index in [1.54, 1.807) is 23.7 Å². The molecule has 3 heterocycles. The predicted molar refractivity (Wildman–Crippen MR) is 121 cm³/mol. The van der Waals surface area contributed by atoms with E-state index in [2.05, 4.69) is 25.9 Å². The Morgan fingerprint density at radius 2 is 2.07 bits per heavy atom. The van der Waals surface area contributed by atoms with Gasteiger partial charge in [0.1, 0.15) is 5.82 Å². The third-order valence-corrected chi connectivity index (χ3v) is 5.86. The molecule has 0 unspecified atom stereocenters. The van der Waals surface area contributed by atoms with Crippen LogP contribution in [0.5, 0.6) is 0 Å². The average Bonchev–Trinajstić information content (AvgIpc) is 3.21. The normalized spacial score (nSPS) is 15.3. The van der Waals surface area contributed by atoms with Gasteiger partial charge in [0.2, 0.25) is 5.95 Å². The highest BCUT2D eigenvalue weighted by atomic mass is 32.1. The number of hydrogen-bond donors (Lipinski definition) is 4. The Hall–Kier alpha value is -3.00. The van der Waals surface area contributed by atoms with Gasteiger partial charge in [-0.25, -0.2) is 4.98 Å². The molecule has 0 saturated heterocycles. The van der Waals surface area contributed by atoms with Gasteiger partial charge in [0.15, 0.2) is 0 Å². The summed E-state index contributed by atoms with van der Waals surface area (Å²) in [5.41, 5.74) is 3.32. The second kappa shape index (κ2) is 9.00. The lowest BCUT2D eigenvalue weighted by atomic mass is 9.95. The van der Waals surface area contributed by atoms with Gasteiger partial charge in [-0.2, -0.15) is 4.98 Å². The quantitative estimate of drug-likeness (QED) is 0.404. The first-order chi connectivity index (χ1) is 14.2. The maximum Gasteiger partial charge on any atom is 0.229 e. The summed E-state index contributed by atoms with van der Waals surface area (Å²) in [6.45, 7) is 1.94. The van der Waals surface area contributed by atoms with E-state index in [1.807, 2.05) is 30.5 Å². The molecule has 1 fully saturated rings. The molecule has 0 radical (unpaired) electrons. The monoisotopic (exact) mass is 407 g/mol. The molecule has 150 valence electrons. The second-order valence-corrected chi connectivity index (χ2v) is 8.13. The highest BCUT2D eigenvalue weighted by Crippen LogP contribution is 2.30. The zero-order chi connectivity index (χ0) is 20.1. The molecule has 0 amide bonds. The summed E-state index contributed by atoms with van der Waals surface area (Å²) >= 11 is 1.65. The Kier molecular flexibility index (Phi) is 6.00. The number of aryl methyl sites for hydroxylation is 1. The van der Waals surface area contributed by atoms with Gasteiger partial charge in [-0.1, -0.05) is 19.3 Å². The first kappa shape index (κ1) is 19.3. The van der Waals surface area contributed by atoms with Crippen molar-refractivity contribution < 1.29 is 0 Å².